The highest BCUT2D eigenvalue weighted by Crippen LogP contribution is 2.14. The van der Waals surface area contributed by atoms with E-state index in [0.717, 1.165) is 10.8 Å². The van der Waals surface area contributed by atoms with Gasteiger partial charge in [-0.1, -0.05) is 29.4 Å². The number of pyridine rings is 1. The molecule has 0 spiro atoms. The smallest absolute Gasteiger partial charge is 0.275 e. The van der Waals surface area contributed by atoms with Gasteiger partial charge >= 0.3 is 0 Å². The summed E-state index contributed by atoms with van der Waals surface area (Å²) in [5, 5.41) is 8.31. The van der Waals surface area contributed by atoms with E-state index in [-0.39, 0.29) is 5.91 Å². The molecule has 0 aliphatic rings. The number of rotatable bonds is 2. The van der Waals surface area contributed by atoms with E-state index in [2.05, 4.69) is 15.5 Å². The molecule has 3 rings (SSSR count). The minimum atomic E-state index is -0.306. The third-order valence-electron chi connectivity index (χ3n) is 2.73. The van der Waals surface area contributed by atoms with Crippen molar-refractivity contribution in [2.24, 2.45) is 0 Å². The van der Waals surface area contributed by atoms with Gasteiger partial charge in [0, 0.05) is 17.6 Å². The Hall–Kier alpha value is -2.69. The van der Waals surface area contributed by atoms with Gasteiger partial charge in [0.25, 0.3) is 5.91 Å². The Balaban J connectivity index is 1.89. The zero-order valence-corrected chi connectivity index (χ0v) is 10.3. The molecule has 5 nitrogen and oxygen atoms in total. The fourth-order valence-corrected chi connectivity index (χ4v) is 1.81. The van der Waals surface area contributed by atoms with Crippen LogP contribution in [0.3, 0.4) is 0 Å². The lowest BCUT2D eigenvalue weighted by Crippen LogP contribution is -2.13. The number of amides is 1. The number of carbonyl (C=O) groups is 1. The van der Waals surface area contributed by atoms with E-state index in [1.807, 2.05) is 24.3 Å². The predicted octanol–water partition coefficient (Wildman–Crippen LogP) is 2.78. The molecule has 94 valence electrons. The van der Waals surface area contributed by atoms with E-state index in [4.69, 9.17) is 4.52 Å². The van der Waals surface area contributed by atoms with Gasteiger partial charge in [-0.15, -0.1) is 0 Å². The second-order valence-electron chi connectivity index (χ2n) is 4.19. The first kappa shape index (κ1) is 11.4. The van der Waals surface area contributed by atoms with Crippen molar-refractivity contribution in [3.8, 4) is 0 Å². The van der Waals surface area contributed by atoms with Crippen LogP contribution in [0.4, 0.5) is 5.82 Å². The standard InChI is InChI=1S/C14H11N3O2/c1-9-6-13(17-19-9)16-14(18)12-7-10-4-2-3-5-11(10)8-15-12/h2-8H,1H3,(H,16,17,18). The third-order valence-corrected chi connectivity index (χ3v) is 2.73. The van der Waals surface area contributed by atoms with Crippen molar-refractivity contribution in [1.82, 2.24) is 10.1 Å². The van der Waals surface area contributed by atoms with Gasteiger partial charge < -0.3 is 9.84 Å². The van der Waals surface area contributed by atoms with Gasteiger partial charge in [-0.2, -0.15) is 0 Å². The second kappa shape index (κ2) is 4.53. The summed E-state index contributed by atoms with van der Waals surface area (Å²) in [6.45, 7) is 1.76. The summed E-state index contributed by atoms with van der Waals surface area (Å²) < 4.78 is 4.89. The van der Waals surface area contributed by atoms with Crippen LogP contribution in [-0.2, 0) is 0 Å². The molecule has 5 heteroatoms. The first-order valence-corrected chi connectivity index (χ1v) is 5.82. The molecular weight excluding hydrogens is 242 g/mol. The van der Waals surface area contributed by atoms with E-state index in [1.54, 1.807) is 25.3 Å². The molecule has 2 heterocycles. The molecule has 0 radical (unpaired) electrons. The molecule has 0 atom stereocenters. The Morgan fingerprint density at radius 3 is 2.74 bits per heavy atom. The minimum Gasteiger partial charge on any atom is -0.360 e. The topological polar surface area (TPSA) is 68.0 Å². The summed E-state index contributed by atoms with van der Waals surface area (Å²) in [6, 6.07) is 11.1. The molecule has 0 unspecified atom stereocenters. The van der Waals surface area contributed by atoms with Crippen LogP contribution in [0.5, 0.6) is 0 Å². The maximum atomic E-state index is 12.0. The summed E-state index contributed by atoms with van der Waals surface area (Å²) in [5.74, 6) is 0.721. The van der Waals surface area contributed by atoms with Crippen LogP contribution in [0.1, 0.15) is 16.2 Å². The molecule has 0 fully saturated rings. The number of anilines is 1. The maximum Gasteiger partial charge on any atom is 0.275 e. The van der Waals surface area contributed by atoms with Crippen molar-refractivity contribution < 1.29 is 9.32 Å². The van der Waals surface area contributed by atoms with E-state index in [0.29, 0.717) is 17.3 Å². The number of nitrogens with zero attached hydrogens (tertiary/aromatic N) is 2. The number of aryl methyl sites for hydroxylation is 1. The van der Waals surface area contributed by atoms with E-state index < -0.39 is 0 Å². The highest BCUT2D eigenvalue weighted by Gasteiger charge is 2.10. The fraction of sp³-hybridized carbons (Fsp3) is 0.0714. The number of hydrogen-bond acceptors (Lipinski definition) is 4. The Bertz CT molecular complexity index is 749. The molecule has 0 aliphatic heterocycles. The van der Waals surface area contributed by atoms with Crippen LogP contribution in [0.15, 0.2) is 47.1 Å². The molecule has 1 amide bonds. The zero-order valence-electron chi connectivity index (χ0n) is 10.3. The summed E-state index contributed by atoms with van der Waals surface area (Å²) >= 11 is 0. The largest absolute Gasteiger partial charge is 0.360 e. The molecule has 0 saturated heterocycles. The van der Waals surface area contributed by atoms with Crippen molar-refractivity contribution >= 4 is 22.5 Å². The van der Waals surface area contributed by atoms with Gasteiger partial charge in [-0.3, -0.25) is 9.78 Å². The second-order valence-corrected chi connectivity index (χ2v) is 4.19. The quantitative estimate of drug-likeness (QED) is 0.762. The number of fused-ring (bicyclic) bond motifs is 1. The Morgan fingerprint density at radius 1 is 1.21 bits per heavy atom. The summed E-state index contributed by atoms with van der Waals surface area (Å²) in [6.07, 6.45) is 1.68. The molecular formula is C14H11N3O2. The minimum absolute atomic E-state index is 0.306. The van der Waals surface area contributed by atoms with Crippen LogP contribution in [0.25, 0.3) is 10.8 Å². The highest BCUT2D eigenvalue weighted by molar-refractivity contribution is 6.04. The number of hydrogen-bond donors (Lipinski definition) is 1. The maximum absolute atomic E-state index is 12.0. The average molecular weight is 253 g/mol. The van der Waals surface area contributed by atoms with Crippen molar-refractivity contribution in [3.63, 3.8) is 0 Å². The lowest BCUT2D eigenvalue weighted by atomic mass is 10.1. The first-order chi connectivity index (χ1) is 9.22. The van der Waals surface area contributed by atoms with E-state index >= 15 is 0 Å². The molecule has 19 heavy (non-hydrogen) atoms. The van der Waals surface area contributed by atoms with Gasteiger partial charge in [-0.05, 0) is 18.4 Å². The van der Waals surface area contributed by atoms with Gasteiger partial charge in [0.1, 0.15) is 11.5 Å². The molecule has 0 saturated carbocycles. The Labute approximate surface area is 109 Å². The monoisotopic (exact) mass is 253 g/mol. The first-order valence-electron chi connectivity index (χ1n) is 5.82. The number of benzene rings is 1. The number of carbonyl (C=O) groups excluding carboxylic acids is 1. The van der Waals surface area contributed by atoms with Gasteiger partial charge in [0.2, 0.25) is 0 Å². The van der Waals surface area contributed by atoms with Crippen LogP contribution in [0, 0.1) is 6.92 Å². The fourth-order valence-electron chi connectivity index (χ4n) is 1.81. The molecule has 3 aromatic rings. The Morgan fingerprint density at radius 2 is 2.00 bits per heavy atom. The van der Waals surface area contributed by atoms with Crippen LogP contribution < -0.4 is 5.32 Å². The number of aromatic nitrogens is 2. The third kappa shape index (κ3) is 2.30. The summed E-state index contributed by atoms with van der Waals surface area (Å²) in [5.41, 5.74) is 0.347. The molecule has 2 aromatic heterocycles. The van der Waals surface area contributed by atoms with Crippen molar-refractivity contribution in [2.75, 3.05) is 5.32 Å². The highest BCUT2D eigenvalue weighted by atomic mass is 16.5. The van der Waals surface area contributed by atoms with Crippen LogP contribution in [0.2, 0.25) is 0 Å². The normalized spacial score (nSPS) is 10.6. The lowest BCUT2D eigenvalue weighted by Gasteiger charge is -2.02. The van der Waals surface area contributed by atoms with E-state index in [9.17, 15) is 4.79 Å². The van der Waals surface area contributed by atoms with Crippen LogP contribution in [-0.4, -0.2) is 16.0 Å². The molecule has 0 bridgehead atoms. The van der Waals surface area contributed by atoms with Crippen molar-refractivity contribution in [3.05, 3.63) is 54.0 Å². The predicted molar refractivity (Wildman–Crippen MR) is 70.9 cm³/mol. The SMILES string of the molecule is Cc1cc(NC(=O)c2cc3ccccc3cn2)no1. The van der Waals surface area contributed by atoms with Gasteiger partial charge in [0.05, 0.1) is 0 Å². The Kier molecular flexibility index (Phi) is 2.72. The van der Waals surface area contributed by atoms with Crippen molar-refractivity contribution in [1.29, 1.82) is 0 Å². The van der Waals surface area contributed by atoms with Gasteiger partial charge in [-0.25, -0.2) is 0 Å². The summed E-state index contributed by atoms with van der Waals surface area (Å²) in [7, 11) is 0. The molecule has 0 aliphatic carbocycles. The average Bonchev–Trinajstić information content (AvgIpc) is 2.83. The lowest BCUT2D eigenvalue weighted by molar-refractivity contribution is 0.102. The molecule has 1 N–H and O–H groups in total. The van der Waals surface area contributed by atoms with Gasteiger partial charge in [0.15, 0.2) is 5.82 Å². The number of nitrogens with one attached hydrogen (secondary N) is 1. The van der Waals surface area contributed by atoms with Crippen molar-refractivity contribution in [2.45, 2.75) is 6.92 Å². The van der Waals surface area contributed by atoms with Crippen LogP contribution >= 0.6 is 0 Å². The van der Waals surface area contributed by atoms with E-state index in [1.165, 1.54) is 0 Å². The molecule has 1 aromatic carbocycles. The zero-order chi connectivity index (χ0) is 13.2. The summed E-state index contributed by atoms with van der Waals surface area (Å²) in [4.78, 5) is 16.2.